The Kier molecular flexibility index (Phi) is 6.24. The molecule has 0 aromatic heterocycles. The number of ether oxygens (including phenoxy) is 3. The fourth-order valence-corrected chi connectivity index (χ4v) is 1.32. The van der Waals surface area contributed by atoms with Crippen LogP contribution in [0.25, 0.3) is 0 Å². The Morgan fingerprint density at radius 1 is 0.846 bits per heavy atom. The summed E-state index contributed by atoms with van der Waals surface area (Å²) in [6.45, 7) is 1.80. The molecular weight excluding hydrogens is 170 g/mol. The predicted octanol–water partition coefficient (Wildman–Crippen LogP) is 0.226. The van der Waals surface area contributed by atoms with Gasteiger partial charge in [-0.2, -0.15) is 0 Å². The van der Waals surface area contributed by atoms with Crippen molar-refractivity contribution in [2.45, 2.75) is 5.54 Å². The van der Waals surface area contributed by atoms with E-state index in [0.29, 0.717) is 19.8 Å². The van der Waals surface area contributed by atoms with Crippen LogP contribution in [-0.4, -0.2) is 65.7 Å². The molecule has 80 valence electrons. The van der Waals surface area contributed by atoms with Gasteiger partial charge in [0.05, 0.1) is 25.4 Å². The highest BCUT2D eigenvalue weighted by Gasteiger charge is 2.32. The Morgan fingerprint density at radius 2 is 1.15 bits per heavy atom. The maximum absolute atomic E-state index is 5.17. The topological polar surface area (TPSA) is 30.9 Å². The third kappa shape index (κ3) is 3.60. The van der Waals surface area contributed by atoms with Gasteiger partial charge in [0, 0.05) is 21.3 Å². The van der Waals surface area contributed by atoms with Crippen LogP contribution in [0.15, 0.2) is 0 Å². The molecule has 0 saturated carbocycles. The molecule has 0 heterocycles. The lowest BCUT2D eigenvalue weighted by molar-refractivity contribution is -0.0572. The van der Waals surface area contributed by atoms with Crippen molar-refractivity contribution < 1.29 is 14.2 Å². The average Bonchev–Trinajstić information content (AvgIpc) is 2.05. The first kappa shape index (κ1) is 12.8. The van der Waals surface area contributed by atoms with Crippen LogP contribution in [-0.2, 0) is 14.2 Å². The molecule has 0 aliphatic heterocycles. The maximum atomic E-state index is 5.17. The summed E-state index contributed by atoms with van der Waals surface area (Å²) in [6, 6.07) is 0. The number of rotatable bonds is 7. The highest BCUT2D eigenvalue weighted by Crippen LogP contribution is 2.13. The second-order valence-corrected chi connectivity index (χ2v) is 3.42. The molecule has 0 N–H and O–H groups in total. The first-order valence-corrected chi connectivity index (χ1v) is 4.27. The van der Waals surface area contributed by atoms with E-state index < -0.39 is 0 Å². The van der Waals surface area contributed by atoms with Gasteiger partial charge in [-0.05, 0) is 14.1 Å². The van der Waals surface area contributed by atoms with E-state index in [1.165, 1.54) is 0 Å². The van der Waals surface area contributed by atoms with Crippen LogP contribution in [0.1, 0.15) is 0 Å². The van der Waals surface area contributed by atoms with Gasteiger partial charge in [-0.1, -0.05) is 0 Å². The van der Waals surface area contributed by atoms with Gasteiger partial charge >= 0.3 is 0 Å². The SMILES string of the molecule is COCC(COC)(COC)N(C)C. The first-order chi connectivity index (χ1) is 6.13. The molecule has 0 atom stereocenters. The van der Waals surface area contributed by atoms with Gasteiger partial charge in [0.2, 0.25) is 0 Å². The van der Waals surface area contributed by atoms with E-state index >= 15 is 0 Å². The lowest BCUT2D eigenvalue weighted by Crippen LogP contribution is -2.55. The van der Waals surface area contributed by atoms with Gasteiger partial charge in [-0.15, -0.1) is 0 Å². The standard InChI is InChI=1S/C9H21NO3/c1-10(2)9(6-11-3,7-12-4)8-13-5/h6-8H2,1-5H3. The molecule has 0 aliphatic carbocycles. The molecule has 0 unspecified atom stereocenters. The van der Waals surface area contributed by atoms with Gasteiger partial charge < -0.3 is 14.2 Å². The molecule has 4 heteroatoms. The second-order valence-electron chi connectivity index (χ2n) is 3.42. The molecule has 0 saturated heterocycles. The Bertz CT molecular complexity index is 111. The van der Waals surface area contributed by atoms with Gasteiger partial charge in [0.1, 0.15) is 0 Å². The van der Waals surface area contributed by atoms with Crippen LogP contribution in [0, 0.1) is 0 Å². The fraction of sp³-hybridized carbons (Fsp3) is 1.00. The fourth-order valence-electron chi connectivity index (χ4n) is 1.32. The van der Waals surface area contributed by atoms with E-state index in [4.69, 9.17) is 14.2 Å². The summed E-state index contributed by atoms with van der Waals surface area (Å²) in [6.07, 6.45) is 0. The van der Waals surface area contributed by atoms with E-state index in [1.807, 2.05) is 14.1 Å². The zero-order chi connectivity index (χ0) is 10.3. The van der Waals surface area contributed by atoms with E-state index in [2.05, 4.69) is 4.90 Å². The minimum Gasteiger partial charge on any atom is -0.383 e. The number of hydrogen-bond acceptors (Lipinski definition) is 4. The summed E-state index contributed by atoms with van der Waals surface area (Å²) in [7, 11) is 9.05. The Labute approximate surface area is 80.8 Å². The van der Waals surface area contributed by atoms with Gasteiger partial charge in [-0.3, -0.25) is 4.90 Å². The summed E-state index contributed by atoms with van der Waals surface area (Å²) >= 11 is 0. The molecule has 0 spiro atoms. The summed E-state index contributed by atoms with van der Waals surface area (Å²) in [5, 5.41) is 0. The molecule has 0 bridgehead atoms. The molecule has 0 aromatic carbocycles. The summed E-state index contributed by atoms with van der Waals surface area (Å²) in [5.41, 5.74) is -0.182. The Balaban J connectivity index is 4.38. The van der Waals surface area contributed by atoms with E-state index in [0.717, 1.165) is 0 Å². The Hall–Kier alpha value is -0.160. The lowest BCUT2D eigenvalue weighted by atomic mass is 10.0. The molecule has 0 radical (unpaired) electrons. The molecule has 0 aliphatic rings. The molecular formula is C9H21NO3. The number of methoxy groups -OCH3 is 3. The van der Waals surface area contributed by atoms with Crippen molar-refractivity contribution in [2.24, 2.45) is 0 Å². The molecule has 13 heavy (non-hydrogen) atoms. The van der Waals surface area contributed by atoms with Crippen molar-refractivity contribution in [3.63, 3.8) is 0 Å². The van der Waals surface area contributed by atoms with Crippen molar-refractivity contribution in [3.8, 4) is 0 Å². The smallest absolute Gasteiger partial charge is 0.0909 e. The lowest BCUT2D eigenvalue weighted by Gasteiger charge is -2.37. The summed E-state index contributed by atoms with van der Waals surface area (Å²) in [5.74, 6) is 0. The van der Waals surface area contributed by atoms with Crippen molar-refractivity contribution in [3.05, 3.63) is 0 Å². The minimum atomic E-state index is -0.182. The summed E-state index contributed by atoms with van der Waals surface area (Å²) in [4.78, 5) is 2.07. The maximum Gasteiger partial charge on any atom is 0.0909 e. The number of likely N-dealkylation sites (N-methyl/N-ethyl adjacent to an activating group) is 1. The van der Waals surface area contributed by atoms with Crippen molar-refractivity contribution in [1.29, 1.82) is 0 Å². The van der Waals surface area contributed by atoms with Crippen LogP contribution >= 0.6 is 0 Å². The molecule has 0 fully saturated rings. The van der Waals surface area contributed by atoms with Gasteiger partial charge in [-0.25, -0.2) is 0 Å². The predicted molar refractivity (Wildman–Crippen MR) is 52.0 cm³/mol. The van der Waals surface area contributed by atoms with E-state index in [1.54, 1.807) is 21.3 Å². The monoisotopic (exact) mass is 191 g/mol. The highest BCUT2D eigenvalue weighted by atomic mass is 16.5. The molecule has 0 aromatic rings. The quantitative estimate of drug-likeness (QED) is 0.576. The number of hydrogen-bond donors (Lipinski definition) is 0. The van der Waals surface area contributed by atoms with Crippen LogP contribution in [0.3, 0.4) is 0 Å². The minimum absolute atomic E-state index is 0.182. The van der Waals surface area contributed by atoms with Gasteiger partial charge in [0.15, 0.2) is 0 Å². The van der Waals surface area contributed by atoms with Crippen LogP contribution in [0.4, 0.5) is 0 Å². The molecule has 0 amide bonds. The summed E-state index contributed by atoms with van der Waals surface area (Å²) < 4.78 is 15.5. The first-order valence-electron chi connectivity index (χ1n) is 4.27. The van der Waals surface area contributed by atoms with Crippen LogP contribution in [0.5, 0.6) is 0 Å². The van der Waals surface area contributed by atoms with Crippen molar-refractivity contribution in [2.75, 3.05) is 55.2 Å². The zero-order valence-electron chi connectivity index (χ0n) is 9.29. The second kappa shape index (κ2) is 6.32. The molecule has 0 rings (SSSR count). The highest BCUT2D eigenvalue weighted by molar-refractivity contribution is 4.87. The van der Waals surface area contributed by atoms with Gasteiger partial charge in [0.25, 0.3) is 0 Å². The van der Waals surface area contributed by atoms with Crippen LogP contribution in [0.2, 0.25) is 0 Å². The Morgan fingerprint density at radius 3 is 1.31 bits per heavy atom. The average molecular weight is 191 g/mol. The van der Waals surface area contributed by atoms with Crippen molar-refractivity contribution in [1.82, 2.24) is 4.90 Å². The normalized spacial score (nSPS) is 12.5. The largest absolute Gasteiger partial charge is 0.383 e. The zero-order valence-corrected chi connectivity index (χ0v) is 9.29. The van der Waals surface area contributed by atoms with Crippen molar-refractivity contribution >= 4 is 0 Å². The van der Waals surface area contributed by atoms with E-state index in [-0.39, 0.29) is 5.54 Å². The third-order valence-corrected chi connectivity index (χ3v) is 2.19. The van der Waals surface area contributed by atoms with E-state index in [9.17, 15) is 0 Å². The molecule has 4 nitrogen and oxygen atoms in total. The third-order valence-electron chi connectivity index (χ3n) is 2.19. The number of nitrogens with zero attached hydrogens (tertiary/aromatic N) is 1. The van der Waals surface area contributed by atoms with Crippen LogP contribution < -0.4 is 0 Å².